The lowest BCUT2D eigenvalue weighted by molar-refractivity contribution is -0.0483. The van der Waals surface area contributed by atoms with Crippen molar-refractivity contribution in [2.24, 2.45) is 0 Å². The van der Waals surface area contributed by atoms with Gasteiger partial charge in [-0.3, -0.25) is 4.90 Å². The van der Waals surface area contributed by atoms with Crippen molar-refractivity contribution in [2.75, 3.05) is 26.2 Å². The average Bonchev–Trinajstić information content (AvgIpc) is 3.01. The average molecular weight is 302 g/mol. The summed E-state index contributed by atoms with van der Waals surface area (Å²) in [6.07, 6.45) is 3.94. The molecule has 0 bridgehead atoms. The summed E-state index contributed by atoms with van der Waals surface area (Å²) in [6.45, 7) is 3.74. The van der Waals surface area contributed by atoms with Crippen molar-refractivity contribution in [3.05, 3.63) is 48.3 Å². The van der Waals surface area contributed by atoms with E-state index in [1.165, 1.54) is 5.56 Å². The smallest absolute Gasteiger partial charge is 0.0898 e. The Morgan fingerprint density at radius 1 is 1.32 bits per heavy atom. The predicted octanol–water partition coefficient (Wildman–Crippen LogP) is 0.582. The highest BCUT2D eigenvalue weighted by molar-refractivity contribution is 5.15. The maximum absolute atomic E-state index is 10.3. The Labute approximate surface area is 130 Å². The molecule has 0 amide bonds. The summed E-state index contributed by atoms with van der Waals surface area (Å²) in [7, 11) is 0. The maximum Gasteiger partial charge on any atom is 0.0898 e. The van der Waals surface area contributed by atoms with Crippen LogP contribution in [-0.2, 0) is 17.7 Å². The minimum Gasteiger partial charge on any atom is -0.391 e. The van der Waals surface area contributed by atoms with Crippen molar-refractivity contribution in [1.82, 2.24) is 19.9 Å². The molecule has 2 heterocycles. The highest BCUT2D eigenvalue weighted by Crippen LogP contribution is 2.10. The van der Waals surface area contributed by atoms with E-state index in [2.05, 4.69) is 27.3 Å². The zero-order valence-electron chi connectivity index (χ0n) is 12.6. The third kappa shape index (κ3) is 4.37. The Bertz CT molecular complexity index is 547. The molecular formula is C16H22N4O2. The molecule has 1 aromatic heterocycles. The van der Waals surface area contributed by atoms with Gasteiger partial charge in [0.1, 0.15) is 0 Å². The van der Waals surface area contributed by atoms with Gasteiger partial charge >= 0.3 is 0 Å². The van der Waals surface area contributed by atoms with Gasteiger partial charge in [-0.25, -0.2) is 4.68 Å². The van der Waals surface area contributed by atoms with Crippen molar-refractivity contribution in [1.29, 1.82) is 0 Å². The fourth-order valence-corrected chi connectivity index (χ4v) is 2.84. The van der Waals surface area contributed by atoms with Crippen LogP contribution in [0.4, 0.5) is 0 Å². The summed E-state index contributed by atoms with van der Waals surface area (Å²) in [5.74, 6) is 0. The quantitative estimate of drug-likeness (QED) is 0.846. The molecule has 1 aromatic carbocycles. The number of β-amino-alcohol motifs (C(OH)–C–C–N with tert-alkyl or cyclic N) is 1. The molecule has 6 heteroatoms. The molecule has 0 saturated carbocycles. The van der Waals surface area contributed by atoms with E-state index < -0.39 is 0 Å². The van der Waals surface area contributed by atoms with Gasteiger partial charge in [-0.2, -0.15) is 0 Å². The topological polar surface area (TPSA) is 63.4 Å². The van der Waals surface area contributed by atoms with Gasteiger partial charge in [0.2, 0.25) is 0 Å². The number of hydrogen-bond acceptors (Lipinski definition) is 5. The van der Waals surface area contributed by atoms with E-state index in [-0.39, 0.29) is 12.2 Å². The molecule has 0 radical (unpaired) electrons. The number of aromatic nitrogens is 3. The Morgan fingerprint density at radius 3 is 2.95 bits per heavy atom. The van der Waals surface area contributed by atoms with Gasteiger partial charge in [-0.05, 0) is 12.0 Å². The standard InChI is InChI=1S/C16H22N4O2/c21-15(10-14-4-2-1-3-5-14)11-19-8-9-22-16(12-19)13-20-7-6-17-18-20/h1-7,15-16,21H,8-13H2. The van der Waals surface area contributed by atoms with E-state index in [0.717, 1.165) is 13.1 Å². The van der Waals surface area contributed by atoms with Gasteiger partial charge in [0.05, 0.1) is 31.6 Å². The molecule has 2 aromatic rings. The van der Waals surface area contributed by atoms with Crippen LogP contribution in [0.15, 0.2) is 42.7 Å². The molecule has 22 heavy (non-hydrogen) atoms. The number of hydrogen-bond donors (Lipinski definition) is 1. The number of aliphatic hydroxyl groups excluding tert-OH is 1. The van der Waals surface area contributed by atoms with E-state index in [1.54, 1.807) is 10.9 Å². The largest absolute Gasteiger partial charge is 0.391 e. The van der Waals surface area contributed by atoms with Gasteiger partial charge in [0.15, 0.2) is 0 Å². The van der Waals surface area contributed by atoms with Crippen LogP contribution in [0.1, 0.15) is 5.56 Å². The zero-order chi connectivity index (χ0) is 15.2. The minimum atomic E-state index is -0.354. The minimum absolute atomic E-state index is 0.0966. The second-order valence-corrected chi connectivity index (χ2v) is 5.72. The molecule has 1 fully saturated rings. The summed E-state index contributed by atoms with van der Waals surface area (Å²) in [6, 6.07) is 10.1. The van der Waals surface area contributed by atoms with Crippen LogP contribution in [0.5, 0.6) is 0 Å². The number of ether oxygens (including phenoxy) is 1. The third-order valence-corrected chi connectivity index (χ3v) is 3.87. The first-order valence-electron chi connectivity index (χ1n) is 7.69. The van der Waals surface area contributed by atoms with Gasteiger partial charge in [-0.1, -0.05) is 35.5 Å². The molecule has 1 aliphatic rings. The van der Waals surface area contributed by atoms with Crippen LogP contribution in [0.2, 0.25) is 0 Å². The molecule has 2 atom stereocenters. The molecule has 6 nitrogen and oxygen atoms in total. The number of benzene rings is 1. The predicted molar refractivity (Wildman–Crippen MR) is 82.4 cm³/mol. The molecule has 118 valence electrons. The summed E-state index contributed by atoms with van der Waals surface area (Å²) >= 11 is 0. The number of rotatable bonds is 6. The first kappa shape index (κ1) is 15.1. The second kappa shape index (κ2) is 7.49. The number of morpholine rings is 1. The lowest BCUT2D eigenvalue weighted by Gasteiger charge is -2.34. The van der Waals surface area contributed by atoms with Gasteiger partial charge in [0.25, 0.3) is 0 Å². The molecular weight excluding hydrogens is 280 g/mol. The molecule has 3 rings (SSSR count). The van der Waals surface area contributed by atoms with Crippen molar-refractivity contribution in [3.63, 3.8) is 0 Å². The molecule has 1 N–H and O–H groups in total. The molecule has 2 unspecified atom stereocenters. The van der Waals surface area contributed by atoms with Crippen LogP contribution >= 0.6 is 0 Å². The van der Waals surface area contributed by atoms with Crippen LogP contribution in [0, 0.1) is 0 Å². The Hall–Kier alpha value is -1.76. The molecule has 1 saturated heterocycles. The second-order valence-electron chi connectivity index (χ2n) is 5.72. The van der Waals surface area contributed by atoms with Crippen LogP contribution in [-0.4, -0.2) is 63.4 Å². The van der Waals surface area contributed by atoms with Gasteiger partial charge < -0.3 is 9.84 Å². The van der Waals surface area contributed by atoms with E-state index in [0.29, 0.717) is 26.1 Å². The van der Waals surface area contributed by atoms with E-state index in [4.69, 9.17) is 4.74 Å². The van der Waals surface area contributed by atoms with Gasteiger partial charge in [0, 0.05) is 25.8 Å². The van der Waals surface area contributed by atoms with E-state index in [9.17, 15) is 5.11 Å². The summed E-state index contributed by atoms with van der Waals surface area (Å²) in [5.41, 5.74) is 1.17. The lowest BCUT2D eigenvalue weighted by Crippen LogP contribution is -2.47. The zero-order valence-corrected chi connectivity index (χ0v) is 12.6. The van der Waals surface area contributed by atoms with Crippen molar-refractivity contribution >= 4 is 0 Å². The van der Waals surface area contributed by atoms with Crippen LogP contribution < -0.4 is 0 Å². The van der Waals surface area contributed by atoms with Crippen LogP contribution in [0.3, 0.4) is 0 Å². The Balaban J connectivity index is 1.47. The fourth-order valence-electron chi connectivity index (χ4n) is 2.84. The number of nitrogens with zero attached hydrogens (tertiary/aromatic N) is 4. The van der Waals surface area contributed by atoms with Crippen molar-refractivity contribution in [2.45, 2.75) is 25.2 Å². The lowest BCUT2D eigenvalue weighted by atomic mass is 10.1. The highest BCUT2D eigenvalue weighted by Gasteiger charge is 2.22. The van der Waals surface area contributed by atoms with E-state index in [1.807, 2.05) is 24.4 Å². The third-order valence-electron chi connectivity index (χ3n) is 3.87. The Morgan fingerprint density at radius 2 is 2.18 bits per heavy atom. The molecule has 0 spiro atoms. The fraction of sp³-hybridized carbons (Fsp3) is 0.500. The normalized spacial score (nSPS) is 20.9. The monoisotopic (exact) mass is 302 g/mol. The first-order valence-corrected chi connectivity index (χ1v) is 7.69. The Kier molecular flexibility index (Phi) is 5.15. The van der Waals surface area contributed by atoms with Crippen LogP contribution in [0.25, 0.3) is 0 Å². The SMILES string of the molecule is OC(Cc1ccccc1)CN1CCOC(Cn2ccnn2)C1. The summed E-state index contributed by atoms with van der Waals surface area (Å²) < 4.78 is 7.56. The first-order chi connectivity index (χ1) is 10.8. The summed E-state index contributed by atoms with van der Waals surface area (Å²) in [4.78, 5) is 2.26. The summed E-state index contributed by atoms with van der Waals surface area (Å²) in [5, 5.41) is 18.1. The van der Waals surface area contributed by atoms with Gasteiger partial charge in [-0.15, -0.1) is 5.10 Å². The highest BCUT2D eigenvalue weighted by atomic mass is 16.5. The van der Waals surface area contributed by atoms with Crippen molar-refractivity contribution < 1.29 is 9.84 Å². The van der Waals surface area contributed by atoms with E-state index >= 15 is 0 Å². The molecule has 1 aliphatic heterocycles. The number of aliphatic hydroxyl groups is 1. The molecule has 0 aliphatic carbocycles. The maximum atomic E-state index is 10.3. The van der Waals surface area contributed by atoms with Crippen molar-refractivity contribution in [3.8, 4) is 0 Å².